The van der Waals surface area contributed by atoms with Crippen LogP contribution in [0.4, 0.5) is 0 Å². The molecule has 19 heavy (non-hydrogen) atoms. The summed E-state index contributed by atoms with van der Waals surface area (Å²) in [6, 6.07) is 0. The largest absolute Gasteiger partial charge is 0.417 e. The number of hydrogen-bond donors (Lipinski definition) is 0. The second kappa shape index (κ2) is 9.57. The Morgan fingerprint density at radius 2 is 1.42 bits per heavy atom. The fourth-order valence-electron chi connectivity index (χ4n) is 1.78. The summed E-state index contributed by atoms with van der Waals surface area (Å²) in [6.45, 7) is 14.8. The third-order valence-electron chi connectivity index (χ3n) is 4.27. The molecule has 0 amide bonds. The Balaban J connectivity index is 3.41. The fraction of sp³-hybridized carbons (Fsp3) is 1.00. The van der Waals surface area contributed by atoms with Gasteiger partial charge >= 0.3 is 0 Å². The van der Waals surface area contributed by atoms with Crippen molar-refractivity contribution in [3.8, 4) is 0 Å². The van der Waals surface area contributed by atoms with Crippen LogP contribution >= 0.6 is 15.9 Å². The second-order valence-corrected chi connectivity index (χ2v) is 13.7. The number of rotatable bonds is 10. The highest BCUT2D eigenvalue weighted by Crippen LogP contribution is 2.36. The maximum absolute atomic E-state index is 6.19. The minimum Gasteiger partial charge on any atom is -0.417 e. The molecule has 1 nitrogen and oxygen atoms in total. The van der Waals surface area contributed by atoms with Crippen LogP contribution in [0, 0.1) is 0 Å². The molecule has 0 saturated carbocycles. The molecule has 0 rings (SSSR count). The monoisotopic (exact) mass is 350 g/mol. The first-order valence-electron chi connectivity index (χ1n) is 7.95. The molecule has 0 radical (unpaired) electrons. The van der Waals surface area contributed by atoms with Crippen molar-refractivity contribution in [1.82, 2.24) is 0 Å². The normalized spacial score (nSPS) is 14.7. The SMILES string of the molecule is CC(Br)CCCCCCCCO[Si](C)(C)C(C)(C)C. The van der Waals surface area contributed by atoms with Crippen molar-refractivity contribution in [2.45, 2.75) is 95.6 Å². The summed E-state index contributed by atoms with van der Waals surface area (Å²) in [4.78, 5) is 0.686. The van der Waals surface area contributed by atoms with E-state index in [1.54, 1.807) is 0 Å². The molecule has 0 saturated heterocycles. The minimum absolute atomic E-state index is 0.347. The van der Waals surface area contributed by atoms with Gasteiger partial charge < -0.3 is 4.43 Å². The molecular formula is C16H35BrOSi. The molecule has 0 aliphatic rings. The van der Waals surface area contributed by atoms with Gasteiger partial charge in [0.25, 0.3) is 0 Å². The highest BCUT2D eigenvalue weighted by Gasteiger charge is 2.36. The van der Waals surface area contributed by atoms with Crippen LogP contribution in [0.3, 0.4) is 0 Å². The van der Waals surface area contributed by atoms with Crippen molar-refractivity contribution >= 4 is 24.2 Å². The molecule has 1 atom stereocenters. The Morgan fingerprint density at radius 1 is 0.947 bits per heavy atom. The first-order chi connectivity index (χ1) is 8.67. The number of alkyl halides is 1. The van der Waals surface area contributed by atoms with Gasteiger partial charge in [-0.3, -0.25) is 0 Å². The summed E-state index contributed by atoms with van der Waals surface area (Å²) in [6.07, 6.45) is 9.40. The van der Waals surface area contributed by atoms with Crippen LogP contribution in [0.25, 0.3) is 0 Å². The van der Waals surface area contributed by atoms with Crippen LogP contribution in [0.5, 0.6) is 0 Å². The highest BCUT2D eigenvalue weighted by molar-refractivity contribution is 9.09. The van der Waals surface area contributed by atoms with E-state index in [0.29, 0.717) is 9.87 Å². The number of unbranched alkanes of at least 4 members (excludes halogenated alkanes) is 5. The van der Waals surface area contributed by atoms with Gasteiger partial charge in [-0.15, -0.1) is 0 Å². The van der Waals surface area contributed by atoms with Crippen LogP contribution in [0.15, 0.2) is 0 Å². The topological polar surface area (TPSA) is 9.23 Å². The first-order valence-corrected chi connectivity index (χ1v) is 11.8. The van der Waals surface area contributed by atoms with Gasteiger partial charge in [-0.05, 0) is 31.0 Å². The van der Waals surface area contributed by atoms with Gasteiger partial charge in [-0.25, -0.2) is 0 Å². The van der Waals surface area contributed by atoms with Crippen LogP contribution < -0.4 is 0 Å². The van der Waals surface area contributed by atoms with Gasteiger partial charge in [0.1, 0.15) is 0 Å². The van der Waals surface area contributed by atoms with Gasteiger partial charge in [0.15, 0.2) is 8.32 Å². The number of halogens is 1. The number of hydrogen-bond acceptors (Lipinski definition) is 1. The predicted octanol–water partition coefficient (Wildman–Crippen LogP) is 6.52. The van der Waals surface area contributed by atoms with Gasteiger partial charge in [-0.2, -0.15) is 0 Å². The molecule has 116 valence electrons. The van der Waals surface area contributed by atoms with Gasteiger partial charge in [-0.1, -0.05) is 75.7 Å². The molecule has 0 bridgehead atoms. The lowest BCUT2D eigenvalue weighted by Crippen LogP contribution is -2.40. The Labute approximate surface area is 131 Å². The molecule has 0 aliphatic carbocycles. The third kappa shape index (κ3) is 10.1. The van der Waals surface area contributed by atoms with Crippen LogP contribution in [0.1, 0.15) is 72.6 Å². The van der Waals surface area contributed by atoms with Crippen molar-refractivity contribution < 1.29 is 4.43 Å². The van der Waals surface area contributed by atoms with E-state index in [2.05, 4.69) is 56.7 Å². The maximum atomic E-state index is 6.19. The zero-order valence-electron chi connectivity index (χ0n) is 14.0. The molecule has 0 spiro atoms. The Kier molecular flexibility index (Phi) is 9.90. The predicted molar refractivity (Wildman–Crippen MR) is 93.9 cm³/mol. The summed E-state index contributed by atoms with van der Waals surface area (Å²) < 4.78 is 6.19. The summed E-state index contributed by atoms with van der Waals surface area (Å²) in [5.74, 6) is 0. The van der Waals surface area contributed by atoms with E-state index in [0.717, 1.165) is 6.61 Å². The smallest absolute Gasteiger partial charge is 0.191 e. The first kappa shape index (κ1) is 19.7. The average Bonchev–Trinajstić information content (AvgIpc) is 2.24. The lowest BCUT2D eigenvalue weighted by atomic mass is 10.1. The highest BCUT2D eigenvalue weighted by atomic mass is 79.9. The summed E-state index contributed by atoms with van der Waals surface area (Å²) in [5, 5.41) is 0.347. The van der Waals surface area contributed by atoms with E-state index in [4.69, 9.17) is 4.43 Å². The van der Waals surface area contributed by atoms with Gasteiger partial charge in [0, 0.05) is 11.4 Å². The van der Waals surface area contributed by atoms with Crippen molar-refractivity contribution in [1.29, 1.82) is 0 Å². The molecule has 3 heteroatoms. The van der Waals surface area contributed by atoms with Crippen molar-refractivity contribution in [2.24, 2.45) is 0 Å². The van der Waals surface area contributed by atoms with Crippen LogP contribution in [-0.2, 0) is 4.43 Å². The average molecular weight is 351 g/mol. The Bertz CT molecular complexity index is 221. The van der Waals surface area contributed by atoms with Crippen molar-refractivity contribution in [3.63, 3.8) is 0 Å². The van der Waals surface area contributed by atoms with E-state index < -0.39 is 8.32 Å². The van der Waals surface area contributed by atoms with Crippen molar-refractivity contribution in [2.75, 3.05) is 6.61 Å². The summed E-state index contributed by atoms with van der Waals surface area (Å²) >= 11 is 3.60. The van der Waals surface area contributed by atoms with Gasteiger partial charge in [0.2, 0.25) is 0 Å². The van der Waals surface area contributed by atoms with Crippen molar-refractivity contribution in [3.05, 3.63) is 0 Å². The zero-order valence-corrected chi connectivity index (χ0v) is 16.6. The second-order valence-electron chi connectivity index (χ2n) is 7.30. The maximum Gasteiger partial charge on any atom is 0.191 e. The molecular weight excluding hydrogens is 316 g/mol. The molecule has 1 unspecified atom stereocenters. The lowest BCUT2D eigenvalue weighted by Gasteiger charge is -2.36. The van der Waals surface area contributed by atoms with E-state index in [1.165, 1.54) is 44.9 Å². The van der Waals surface area contributed by atoms with E-state index in [9.17, 15) is 0 Å². The quantitative estimate of drug-likeness (QED) is 0.247. The molecule has 0 aromatic rings. The Morgan fingerprint density at radius 3 is 1.89 bits per heavy atom. The molecule has 0 N–H and O–H groups in total. The molecule has 0 aromatic heterocycles. The van der Waals surface area contributed by atoms with E-state index in [1.807, 2.05) is 0 Å². The molecule has 0 heterocycles. The minimum atomic E-state index is -1.50. The van der Waals surface area contributed by atoms with E-state index in [-0.39, 0.29) is 0 Å². The third-order valence-corrected chi connectivity index (χ3v) is 9.26. The Hall–Kier alpha value is 0.657. The van der Waals surface area contributed by atoms with Gasteiger partial charge in [0.05, 0.1) is 0 Å². The molecule has 0 fully saturated rings. The summed E-state index contributed by atoms with van der Waals surface area (Å²) in [5.41, 5.74) is 0. The molecule has 0 aliphatic heterocycles. The summed E-state index contributed by atoms with van der Waals surface area (Å²) in [7, 11) is -1.50. The van der Waals surface area contributed by atoms with Crippen LogP contribution in [-0.4, -0.2) is 19.8 Å². The lowest BCUT2D eigenvalue weighted by molar-refractivity contribution is 0.277. The zero-order chi connectivity index (χ0) is 14.9. The standard InChI is InChI=1S/C16H35BrOSi/c1-15(17)13-11-9-7-8-10-12-14-18-19(5,6)16(2,3)4/h15H,7-14H2,1-6H3. The van der Waals surface area contributed by atoms with E-state index >= 15 is 0 Å². The molecule has 0 aromatic carbocycles. The fourth-order valence-corrected chi connectivity index (χ4v) is 3.19. The van der Waals surface area contributed by atoms with Crippen LogP contribution in [0.2, 0.25) is 18.1 Å².